The first kappa shape index (κ1) is 17.7. The number of halogens is 1. The predicted octanol–water partition coefficient (Wildman–Crippen LogP) is 2.99. The van der Waals surface area contributed by atoms with Gasteiger partial charge in [-0.25, -0.2) is 0 Å². The van der Waals surface area contributed by atoms with Crippen molar-refractivity contribution in [3.8, 4) is 0 Å². The predicted molar refractivity (Wildman–Crippen MR) is 96.4 cm³/mol. The Bertz CT molecular complexity index is 563. The van der Waals surface area contributed by atoms with Crippen LogP contribution in [0.1, 0.15) is 31.2 Å². The number of benzene rings is 1. The van der Waals surface area contributed by atoms with Crippen LogP contribution in [0.5, 0.6) is 0 Å². The topological polar surface area (TPSA) is 32.8 Å². The normalized spacial score (nSPS) is 24.2. The van der Waals surface area contributed by atoms with E-state index in [1.807, 2.05) is 24.3 Å². The highest BCUT2D eigenvalue weighted by atomic mass is 35.5. The van der Waals surface area contributed by atoms with Crippen molar-refractivity contribution in [3.63, 3.8) is 0 Å². The summed E-state index contributed by atoms with van der Waals surface area (Å²) in [7, 11) is 1.75. The maximum absolute atomic E-state index is 12.6. The molecule has 1 aromatic rings. The molecule has 2 fully saturated rings. The molecule has 0 N–H and O–H groups in total. The third-order valence-corrected chi connectivity index (χ3v) is 5.78. The smallest absolute Gasteiger partial charge is 0.222 e. The molecule has 2 aliphatic heterocycles. The Labute approximate surface area is 149 Å². The molecular formula is C19H27ClN2O2. The first-order valence-corrected chi connectivity index (χ1v) is 9.27. The number of rotatable bonds is 6. The van der Waals surface area contributed by atoms with E-state index in [-0.39, 0.29) is 11.4 Å². The minimum atomic E-state index is 0.215. The van der Waals surface area contributed by atoms with Gasteiger partial charge in [0.1, 0.15) is 0 Å². The first-order chi connectivity index (χ1) is 11.6. The molecule has 0 unspecified atom stereocenters. The molecule has 24 heavy (non-hydrogen) atoms. The van der Waals surface area contributed by atoms with E-state index < -0.39 is 0 Å². The number of ether oxygens (including phenoxy) is 1. The molecule has 1 spiro atoms. The number of methoxy groups -OCH3 is 1. The zero-order valence-electron chi connectivity index (χ0n) is 14.5. The van der Waals surface area contributed by atoms with Crippen molar-refractivity contribution in [3.05, 3.63) is 34.9 Å². The van der Waals surface area contributed by atoms with Crippen molar-refractivity contribution in [2.45, 2.75) is 37.6 Å². The Morgan fingerprint density at radius 3 is 2.71 bits per heavy atom. The van der Waals surface area contributed by atoms with Gasteiger partial charge in [0.15, 0.2) is 0 Å². The summed E-state index contributed by atoms with van der Waals surface area (Å²) in [5.41, 5.74) is 1.39. The van der Waals surface area contributed by atoms with Crippen molar-refractivity contribution in [1.29, 1.82) is 0 Å². The molecule has 1 amide bonds. The lowest BCUT2D eigenvalue weighted by molar-refractivity contribution is -0.140. The molecule has 3 rings (SSSR count). The highest BCUT2D eigenvalue weighted by molar-refractivity contribution is 6.30. The zero-order chi connectivity index (χ0) is 17.0. The van der Waals surface area contributed by atoms with Gasteiger partial charge in [-0.05, 0) is 43.4 Å². The fourth-order valence-corrected chi connectivity index (χ4v) is 4.11. The lowest BCUT2D eigenvalue weighted by atomic mass is 9.77. The molecular weight excluding hydrogens is 324 g/mol. The number of hydrogen-bond donors (Lipinski definition) is 0. The molecule has 4 nitrogen and oxygen atoms in total. The Morgan fingerprint density at radius 1 is 1.25 bits per heavy atom. The standard InChI is InChI=1S/C19H27ClN2O2/c1-24-14-13-22-12-10-19(22)9-2-11-21(15-19)18(23)8-5-16-3-6-17(20)7-4-16/h3-4,6-7H,2,5,8-15H2,1H3/t19-/m0/s1. The van der Waals surface area contributed by atoms with Gasteiger partial charge in [-0.2, -0.15) is 0 Å². The van der Waals surface area contributed by atoms with Crippen LogP contribution < -0.4 is 0 Å². The van der Waals surface area contributed by atoms with Gasteiger partial charge in [-0.1, -0.05) is 23.7 Å². The summed E-state index contributed by atoms with van der Waals surface area (Å²) in [5.74, 6) is 0.280. The Morgan fingerprint density at radius 2 is 2.04 bits per heavy atom. The minimum absolute atomic E-state index is 0.215. The quantitative estimate of drug-likeness (QED) is 0.790. The molecule has 1 atom stereocenters. The van der Waals surface area contributed by atoms with Gasteiger partial charge in [-0.15, -0.1) is 0 Å². The fourth-order valence-electron chi connectivity index (χ4n) is 3.98. The Balaban J connectivity index is 1.52. The first-order valence-electron chi connectivity index (χ1n) is 8.89. The molecule has 0 saturated carbocycles. The molecule has 2 aliphatic rings. The molecule has 1 aromatic carbocycles. The largest absolute Gasteiger partial charge is 0.383 e. The Hall–Kier alpha value is -1.10. The van der Waals surface area contributed by atoms with E-state index in [4.69, 9.17) is 16.3 Å². The maximum atomic E-state index is 12.6. The third-order valence-electron chi connectivity index (χ3n) is 5.53. The summed E-state index contributed by atoms with van der Waals surface area (Å²) in [4.78, 5) is 17.2. The molecule has 0 radical (unpaired) electrons. The second-order valence-corrected chi connectivity index (χ2v) is 7.44. The number of likely N-dealkylation sites (tertiary alicyclic amines) is 2. The van der Waals surface area contributed by atoms with E-state index in [0.29, 0.717) is 6.42 Å². The second-order valence-electron chi connectivity index (χ2n) is 7.00. The van der Waals surface area contributed by atoms with Gasteiger partial charge in [0.25, 0.3) is 0 Å². The minimum Gasteiger partial charge on any atom is -0.383 e. The molecule has 5 heteroatoms. The van der Waals surface area contributed by atoms with Crippen molar-refractivity contribution in [1.82, 2.24) is 9.80 Å². The molecule has 0 aromatic heterocycles. The van der Waals surface area contributed by atoms with Crippen LogP contribution in [0.25, 0.3) is 0 Å². The van der Waals surface area contributed by atoms with Crippen LogP contribution in [0.4, 0.5) is 0 Å². The number of piperidine rings is 1. The number of nitrogens with zero attached hydrogens (tertiary/aromatic N) is 2. The van der Waals surface area contributed by atoms with Crippen LogP contribution in [-0.2, 0) is 16.0 Å². The lowest BCUT2D eigenvalue weighted by Crippen LogP contribution is -2.67. The average molecular weight is 351 g/mol. The monoisotopic (exact) mass is 350 g/mol. The van der Waals surface area contributed by atoms with Gasteiger partial charge in [0, 0.05) is 50.3 Å². The number of carbonyl (C=O) groups is 1. The highest BCUT2D eigenvalue weighted by Crippen LogP contribution is 2.38. The summed E-state index contributed by atoms with van der Waals surface area (Å²) in [6.45, 7) is 4.67. The van der Waals surface area contributed by atoms with Crippen molar-refractivity contribution in [2.24, 2.45) is 0 Å². The van der Waals surface area contributed by atoms with Crippen LogP contribution in [-0.4, -0.2) is 61.1 Å². The highest BCUT2D eigenvalue weighted by Gasteiger charge is 2.47. The summed E-state index contributed by atoms with van der Waals surface area (Å²) in [5, 5.41) is 0.740. The summed E-state index contributed by atoms with van der Waals surface area (Å²) in [6.07, 6.45) is 4.88. The lowest BCUT2D eigenvalue weighted by Gasteiger charge is -2.57. The van der Waals surface area contributed by atoms with Crippen LogP contribution >= 0.6 is 11.6 Å². The van der Waals surface area contributed by atoms with Crippen LogP contribution in [0.3, 0.4) is 0 Å². The van der Waals surface area contributed by atoms with Crippen LogP contribution in [0, 0.1) is 0 Å². The van der Waals surface area contributed by atoms with E-state index in [0.717, 1.165) is 50.7 Å². The zero-order valence-corrected chi connectivity index (χ0v) is 15.2. The number of aryl methyl sites for hydroxylation is 1. The van der Waals surface area contributed by atoms with Gasteiger partial charge < -0.3 is 9.64 Å². The van der Waals surface area contributed by atoms with Gasteiger partial charge >= 0.3 is 0 Å². The van der Waals surface area contributed by atoms with Gasteiger partial charge in [0.05, 0.1) is 6.61 Å². The summed E-state index contributed by atoms with van der Waals surface area (Å²) in [6, 6.07) is 7.79. The molecule has 0 aliphatic carbocycles. The van der Waals surface area contributed by atoms with Crippen molar-refractivity contribution in [2.75, 3.05) is 39.9 Å². The number of carbonyl (C=O) groups excluding carboxylic acids is 1. The van der Waals surface area contributed by atoms with E-state index in [9.17, 15) is 4.79 Å². The van der Waals surface area contributed by atoms with Gasteiger partial charge in [-0.3, -0.25) is 9.69 Å². The molecule has 0 bridgehead atoms. The SMILES string of the molecule is COCCN1CC[C@]12CCCN(C(=O)CCc1ccc(Cl)cc1)C2. The van der Waals surface area contributed by atoms with Gasteiger partial charge in [0.2, 0.25) is 5.91 Å². The summed E-state index contributed by atoms with van der Waals surface area (Å²) >= 11 is 5.91. The fraction of sp³-hybridized carbons (Fsp3) is 0.632. The van der Waals surface area contributed by atoms with Crippen LogP contribution in [0.15, 0.2) is 24.3 Å². The van der Waals surface area contributed by atoms with E-state index in [2.05, 4.69) is 9.80 Å². The summed E-state index contributed by atoms with van der Waals surface area (Å²) < 4.78 is 5.22. The Kier molecular flexibility index (Phi) is 5.80. The molecule has 132 valence electrons. The maximum Gasteiger partial charge on any atom is 0.222 e. The van der Waals surface area contributed by atoms with Crippen molar-refractivity contribution >= 4 is 17.5 Å². The number of hydrogen-bond acceptors (Lipinski definition) is 3. The van der Waals surface area contributed by atoms with Crippen molar-refractivity contribution < 1.29 is 9.53 Å². The van der Waals surface area contributed by atoms with E-state index in [1.54, 1.807) is 7.11 Å². The second kappa shape index (κ2) is 7.85. The third kappa shape index (κ3) is 3.93. The van der Waals surface area contributed by atoms with E-state index >= 15 is 0 Å². The van der Waals surface area contributed by atoms with E-state index in [1.165, 1.54) is 18.4 Å². The number of amides is 1. The average Bonchev–Trinajstić information content (AvgIpc) is 2.60. The molecule has 2 saturated heterocycles. The molecule has 2 heterocycles. The van der Waals surface area contributed by atoms with Crippen LogP contribution in [0.2, 0.25) is 5.02 Å².